The van der Waals surface area contributed by atoms with Gasteiger partial charge in [0.15, 0.2) is 0 Å². The fraction of sp³-hybridized carbons (Fsp3) is 0.438. The van der Waals surface area contributed by atoms with E-state index in [1.54, 1.807) is 6.07 Å². The van der Waals surface area contributed by atoms with Crippen LogP contribution in [0.1, 0.15) is 36.2 Å². The molecule has 1 N–H and O–H groups in total. The Balaban J connectivity index is 2.28. The Bertz CT molecular complexity index is 610. The van der Waals surface area contributed by atoms with Gasteiger partial charge >= 0.3 is 0 Å². The molecule has 0 radical (unpaired) electrons. The molecule has 1 heterocycles. The number of halogens is 2. The smallest absolute Gasteiger partial charge is 0.142 e. The molecular weight excluding hydrogens is 289 g/mol. The predicted molar refractivity (Wildman–Crippen MR) is 84.1 cm³/mol. The van der Waals surface area contributed by atoms with Gasteiger partial charge in [-0.3, -0.25) is 4.68 Å². The van der Waals surface area contributed by atoms with Crippen molar-refractivity contribution >= 4 is 11.6 Å². The third-order valence-electron chi connectivity index (χ3n) is 3.74. The Hall–Kier alpha value is -1.39. The average molecular weight is 310 g/mol. The van der Waals surface area contributed by atoms with Crippen molar-refractivity contribution in [1.82, 2.24) is 15.1 Å². The molecule has 0 aliphatic carbocycles. The van der Waals surface area contributed by atoms with Crippen molar-refractivity contribution in [3.63, 3.8) is 0 Å². The zero-order chi connectivity index (χ0) is 15.4. The van der Waals surface area contributed by atoms with E-state index in [4.69, 9.17) is 11.6 Å². The molecular formula is C16H21ClFN3. The van der Waals surface area contributed by atoms with E-state index in [0.717, 1.165) is 29.8 Å². The van der Waals surface area contributed by atoms with Crippen LogP contribution in [-0.4, -0.2) is 16.3 Å². The molecule has 0 aliphatic heterocycles. The summed E-state index contributed by atoms with van der Waals surface area (Å²) in [5.41, 5.74) is 3.05. The molecule has 0 saturated heterocycles. The number of hydrogen-bond acceptors (Lipinski definition) is 2. The lowest BCUT2D eigenvalue weighted by molar-refractivity contribution is 0.524. The summed E-state index contributed by atoms with van der Waals surface area (Å²) in [6, 6.07) is 5.04. The number of rotatable bonds is 6. The molecule has 0 amide bonds. The Morgan fingerprint density at radius 2 is 2.19 bits per heavy atom. The lowest BCUT2D eigenvalue weighted by Crippen LogP contribution is -2.24. The Kier molecular flexibility index (Phi) is 5.37. The number of nitrogens with zero attached hydrogens (tertiary/aromatic N) is 2. The van der Waals surface area contributed by atoms with Crippen LogP contribution in [0.5, 0.6) is 0 Å². The van der Waals surface area contributed by atoms with E-state index in [9.17, 15) is 4.39 Å². The summed E-state index contributed by atoms with van der Waals surface area (Å²) in [6.45, 7) is 5.05. The highest BCUT2D eigenvalue weighted by Crippen LogP contribution is 2.27. The van der Waals surface area contributed by atoms with Crippen molar-refractivity contribution in [2.45, 2.75) is 32.7 Å². The fourth-order valence-corrected chi connectivity index (χ4v) is 2.60. The minimum atomic E-state index is -0.369. The molecule has 1 aromatic heterocycles. The highest BCUT2D eigenvalue weighted by atomic mass is 35.5. The molecule has 21 heavy (non-hydrogen) atoms. The Labute approximate surface area is 130 Å². The first-order chi connectivity index (χ1) is 10.0. The van der Waals surface area contributed by atoms with E-state index in [-0.39, 0.29) is 16.9 Å². The molecule has 0 spiro atoms. The maximum atomic E-state index is 13.6. The molecule has 3 nitrogen and oxygen atoms in total. The van der Waals surface area contributed by atoms with Gasteiger partial charge in [-0.15, -0.1) is 0 Å². The van der Waals surface area contributed by atoms with Crippen LogP contribution in [0.2, 0.25) is 5.02 Å². The molecule has 1 unspecified atom stereocenters. The number of hydrogen-bond donors (Lipinski definition) is 1. The second-order valence-electron chi connectivity index (χ2n) is 5.23. The summed E-state index contributed by atoms with van der Waals surface area (Å²) in [7, 11) is 1.92. The van der Waals surface area contributed by atoms with Crippen molar-refractivity contribution in [2.75, 3.05) is 6.54 Å². The first-order valence-electron chi connectivity index (χ1n) is 7.19. The van der Waals surface area contributed by atoms with Crippen LogP contribution in [0.4, 0.5) is 4.39 Å². The van der Waals surface area contributed by atoms with Crippen LogP contribution in [0.15, 0.2) is 24.4 Å². The lowest BCUT2D eigenvalue weighted by atomic mass is 9.99. The normalized spacial score (nSPS) is 12.6. The summed E-state index contributed by atoms with van der Waals surface area (Å²) in [5, 5.41) is 8.01. The third kappa shape index (κ3) is 3.63. The van der Waals surface area contributed by atoms with E-state index in [0.29, 0.717) is 6.42 Å². The molecule has 2 rings (SSSR count). The molecule has 0 fully saturated rings. The van der Waals surface area contributed by atoms with E-state index in [1.807, 2.05) is 30.9 Å². The summed E-state index contributed by atoms with van der Waals surface area (Å²) in [6.07, 6.45) is 3.55. The predicted octanol–water partition coefficient (Wildman–Crippen LogP) is 3.80. The second-order valence-corrected chi connectivity index (χ2v) is 5.61. The van der Waals surface area contributed by atoms with Gasteiger partial charge < -0.3 is 5.32 Å². The van der Waals surface area contributed by atoms with E-state index < -0.39 is 0 Å². The number of aromatic nitrogens is 2. The zero-order valence-electron chi connectivity index (χ0n) is 12.7. The average Bonchev–Trinajstić information content (AvgIpc) is 2.80. The van der Waals surface area contributed by atoms with Crippen LogP contribution < -0.4 is 5.32 Å². The first kappa shape index (κ1) is 16.0. The minimum Gasteiger partial charge on any atom is -0.310 e. The van der Waals surface area contributed by atoms with E-state index in [1.165, 1.54) is 6.07 Å². The minimum absolute atomic E-state index is 0.0814. The number of aryl methyl sites for hydroxylation is 1. The molecule has 0 saturated carbocycles. The van der Waals surface area contributed by atoms with Crippen molar-refractivity contribution in [1.29, 1.82) is 0 Å². The van der Waals surface area contributed by atoms with Gasteiger partial charge in [0, 0.05) is 24.3 Å². The van der Waals surface area contributed by atoms with Crippen LogP contribution in [0.25, 0.3) is 0 Å². The van der Waals surface area contributed by atoms with Gasteiger partial charge in [-0.05, 0) is 37.9 Å². The summed E-state index contributed by atoms with van der Waals surface area (Å²) < 4.78 is 15.4. The topological polar surface area (TPSA) is 29.9 Å². The monoisotopic (exact) mass is 309 g/mol. The SMILES string of the molecule is CCCNC(Cc1cccc(F)c1Cl)c1cnn(C)c1C. The summed E-state index contributed by atoms with van der Waals surface area (Å²) in [4.78, 5) is 0. The largest absolute Gasteiger partial charge is 0.310 e. The fourth-order valence-electron chi connectivity index (χ4n) is 2.39. The molecule has 0 aliphatic rings. The Morgan fingerprint density at radius 3 is 2.81 bits per heavy atom. The van der Waals surface area contributed by atoms with Gasteiger partial charge in [-0.25, -0.2) is 4.39 Å². The second kappa shape index (κ2) is 7.05. The highest BCUT2D eigenvalue weighted by Gasteiger charge is 2.18. The zero-order valence-corrected chi connectivity index (χ0v) is 13.4. The molecule has 5 heteroatoms. The van der Waals surface area contributed by atoms with Gasteiger partial charge in [-0.1, -0.05) is 30.7 Å². The summed E-state index contributed by atoms with van der Waals surface area (Å²) >= 11 is 6.08. The van der Waals surface area contributed by atoms with Gasteiger partial charge in [0.05, 0.1) is 11.2 Å². The van der Waals surface area contributed by atoms with E-state index >= 15 is 0 Å². The van der Waals surface area contributed by atoms with Crippen molar-refractivity contribution in [3.8, 4) is 0 Å². The molecule has 114 valence electrons. The van der Waals surface area contributed by atoms with Crippen molar-refractivity contribution < 1.29 is 4.39 Å². The van der Waals surface area contributed by atoms with E-state index in [2.05, 4.69) is 17.3 Å². The molecule has 0 bridgehead atoms. The maximum Gasteiger partial charge on any atom is 0.142 e. The van der Waals surface area contributed by atoms with Crippen LogP contribution in [0, 0.1) is 12.7 Å². The van der Waals surface area contributed by atoms with Gasteiger partial charge in [0.25, 0.3) is 0 Å². The summed E-state index contributed by atoms with van der Waals surface area (Å²) in [5.74, 6) is -0.369. The van der Waals surface area contributed by atoms with Crippen molar-refractivity contribution in [3.05, 3.63) is 52.1 Å². The molecule has 1 aromatic carbocycles. The first-order valence-corrected chi connectivity index (χ1v) is 7.57. The standard InChI is InChI=1S/C16H21ClFN3/c1-4-8-19-15(13-10-20-21(3)11(13)2)9-12-6-5-7-14(18)16(12)17/h5-7,10,15,19H,4,8-9H2,1-3H3. The van der Waals surface area contributed by atoms with Gasteiger partial charge in [0.2, 0.25) is 0 Å². The number of benzene rings is 1. The van der Waals surface area contributed by atoms with Gasteiger partial charge in [0.1, 0.15) is 5.82 Å². The van der Waals surface area contributed by atoms with Crippen LogP contribution in [-0.2, 0) is 13.5 Å². The third-order valence-corrected chi connectivity index (χ3v) is 4.17. The quantitative estimate of drug-likeness (QED) is 0.879. The van der Waals surface area contributed by atoms with Crippen LogP contribution >= 0.6 is 11.6 Å². The Morgan fingerprint density at radius 1 is 1.43 bits per heavy atom. The molecule has 1 atom stereocenters. The van der Waals surface area contributed by atoms with Crippen LogP contribution in [0.3, 0.4) is 0 Å². The van der Waals surface area contributed by atoms with Gasteiger partial charge in [-0.2, -0.15) is 5.10 Å². The highest BCUT2D eigenvalue weighted by molar-refractivity contribution is 6.31. The number of nitrogens with one attached hydrogen (secondary N) is 1. The molecule has 2 aromatic rings. The van der Waals surface area contributed by atoms with Crippen molar-refractivity contribution in [2.24, 2.45) is 7.05 Å². The lowest BCUT2D eigenvalue weighted by Gasteiger charge is -2.19. The maximum absolute atomic E-state index is 13.6.